The molecule has 0 fully saturated rings. The molecule has 0 unspecified atom stereocenters. The van der Waals surface area contributed by atoms with Gasteiger partial charge in [0.05, 0.1) is 18.0 Å². The molecule has 0 heterocycles. The van der Waals surface area contributed by atoms with Crippen molar-refractivity contribution in [1.82, 2.24) is 5.32 Å². The van der Waals surface area contributed by atoms with Crippen molar-refractivity contribution in [2.75, 3.05) is 17.3 Å². The standard InChI is InChI=1S/C20H23N3/c1-3-9-17(10-4-1)15-21-19-13-7-8-14-20(19)23-16-22-18-11-5-2-6-12-18/h1,3-5,7-14,21-23H,2,6,15-16H2. The molecule has 0 saturated carbocycles. The molecule has 0 amide bonds. The predicted molar refractivity (Wildman–Crippen MR) is 98.3 cm³/mol. The third-order valence-electron chi connectivity index (χ3n) is 3.82. The lowest BCUT2D eigenvalue weighted by Crippen LogP contribution is -2.21. The molecular weight excluding hydrogens is 282 g/mol. The van der Waals surface area contributed by atoms with Gasteiger partial charge in [0.2, 0.25) is 0 Å². The summed E-state index contributed by atoms with van der Waals surface area (Å²) in [7, 11) is 0. The van der Waals surface area contributed by atoms with Crippen LogP contribution in [-0.2, 0) is 6.54 Å². The quantitative estimate of drug-likeness (QED) is 0.660. The SMILES string of the molecule is C1=CC(NCNc2ccccc2NCc2ccccc2)=CCC1. The van der Waals surface area contributed by atoms with Crippen LogP contribution >= 0.6 is 0 Å². The summed E-state index contributed by atoms with van der Waals surface area (Å²) in [5.41, 5.74) is 4.69. The third-order valence-corrected chi connectivity index (χ3v) is 3.82. The lowest BCUT2D eigenvalue weighted by molar-refractivity contribution is 0.858. The topological polar surface area (TPSA) is 36.1 Å². The lowest BCUT2D eigenvalue weighted by atomic mass is 10.1. The summed E-state index contributed by atoms with van der Waals surface area (Å²) in [4.78, 5) is 0. The van der Waals surface area contributed by atoms with Crippen LogP contribution in [0.15, 0.2) is 78.5 Å². The molecule has 1 aliphatic carbocycles. The Labute approximate surface area is 138 Å². The molecule has 2 aromatic rings. The number of hydrogen-bond donors (Lipinski definition) is 3. The fourth-order valence-electron chi connectivity index (χ4n) is 2.57. The van der Waals surface area contributed by atoms with Crippen molar-refractivity contribution >= 4 is 11.4 Å². The second kappa shape index (κ2) is 8.08. The Balaban J connectivity index is 1.55. The van der Waals surface area contributed by atoms with E-state index in [9.17, 15) is 0 Å². The highest BCUT2D eigenvalue weighted by atomic mass is 15.1. The highest BCUT2D eigenvalue weighted by Gasteiger charge is 2.01. The molecule has 0 saturated heterocycles. The molecule has 0 aromatic heterocycles. The van der Waals surface area contributed by atoms with Crippen LogP contribution in [0.1, 0.15) is 18.4 Å². The van der Waals surface area contributed by atoms with Gasteiger partial charge in [0.15, 0.2) is 0 Å². The van der Waals surface area contributed by atoms with E-state index in [4.69, 9.17) is 0 Å². The third kappa shape index (κ3) is 4.65. The first-order valence-electron chi connectivity index (χ1n) is 8.13. The summed E-state index contributed by atoms with van der Waals surface area (Å²) < 4.78 is 0. The largest absolute Gasteiger partial charge is 0.379 e. The monoisotopic (exact) mass is 305 g/mol. The van der Waals surface area contributed by atoms with Crippen LogP contribution in [0.4, 0.5) is 11.4 Å². The van der Waals surface area contributed by atoms with E-state index in [0.29, 0.717) is 6.67 Å². The molecule has 3 nitrogen and oxygen atoms in total. The number of allylic oxidation sites excluding steroid dienone is 3. The second-order valence-corrected chi connectivity index (χ2v) is 5.55. The highest BCUT2D eigenvalue weighted by molar-refractivity contribution is 5.68. The highest BCUT2D eigenvalue weighted by Crippen LogP contribution is 2.21. The molecule has 0 bridgehead atoms. The first kappa shape index (κ1) is 15.2. The Hall–Kier alpha value is -2.68. The van der Waals surface area contributed by atoms with Crippen molar-refractivity contribution in [3.8, 4) is 0 Å². The Morgan fingerprint density at radius 2 is 1.48 bits per heavy atom. The molecule has 0 atom stereocenters. The van der Waals surface area contributed by atoms with Gasteiger partial charge in [0, 0.05) is 12.2 Å². The average molecular weight is 305 g/mol. The van der Waals surface area contributed by atoms with Gasteiger partial charge < -0.3 is 16.0 Å². The average Bonchev–Trinajstić information content (AvgIpc) is 2.63. The van der Waals surface area contributed by atoms with E-state index >= 15 is 0 Å². The predicted octanol–water partition coefficient (Wildman–Crippen LogP) is 4.49. The maximum absolute atomic E-state index is 3.50. The number of para-hydroxylation sites is 2. The number of hydrogen-bond acceptors (Lipinski definition) is 3. The van der Waals surface area contributed by atoms with Crippen molar-refractivity contribution in [3.63, 3.8) is 0 Å². The van der Waals surface area contributed by atoms with Crippen LogP contribution in [0.25, 0.3) is 0 Å². The molecule has 3 heteroatoms. The first-order valence-corrected chi connectivity index (χ1v) is 8.13. The van der Waals surface area contributed by atoms with Crippen molar-refractivity contribution < 1.29 is 0 Å². The molecule has 1 aliphatic rings. The molecule has 3 N–H and O–H groups in total. The van der Waals surface area contributed by atoms with Crippen LogP contribution in [0.5, 0.6) is 0 Å². The number of rotatable bonds is 7. The number of anilines is 2. The van der Waals surface area contributed by atoms with E-state index in [1.54, 1.807) is 0 Å². The van der Waals surface area contributed by atoms with E-state index in [2.05, 4.69) is 82.7 Å². The van der Waals surface area contributed by atoms with Crippen molar-refractivity contribution in [1.29, 1.82) is 0 Å². The van der Waals surface area contributed by atoms with Crippen molar-refractivity contribution in [2.45, 2.75) is 19.4 Å². The second-order valence-electron chi connectivity index (χ2n) is 5.55. The minimum absolute atomic E-state index is 0.709. The summed E-state index contributed by atoms with van der Waals surface area (Å²) in [6, 6.07) is 18.7. The normalized spacial score (nSPS) is 13.3. The zero-order chi connectivity index (χ0) is 15.7. The number of benzene rings is 2. The zero-order valence-corrected chi connectivity index (χ0v) is 13.3. The molecule has 2 aromatic carbocycles. The smallest absolute Gasteiger partial charge is 0.0850 e. The first-order chi connectivity index (χ1) is 11.4. The minimum atomic E-state index is 0.709. The number of nitrogens with one attached hydrogen (secondary N) is 3. The summed E-state index contributed by atoms with van der Waals surface area (Å²) in [6.07, 6.45) is 8.85. The molecule has 3 rings (SSSR count). The van der Waals surface area contributed by atoms with Gasteiger partial charge in [-0.05, 0) is 36.6 Å². The van der Waals surface area contributed by atoms with Gasteiger partial charge in [0.25, 0.3) is 0 Å². The van der Waals surface area contributed by atoms with E-state index in [1.165, 1.54) is 11.3 Å². The minimum Gasteiger partial charge on any atom is -0.379 e. The Morgan fingerprint density at radius 1 is 0.739 bits per heavy atom. The fraction of sp³-hybridized carbons (Fsp3) is 0.200. The molecule has 23 heavy (non-hydrogen) atoms. The molecular formula is C20H23N3. The van der Waals surface area contributed by atoms with Gasteiger partial charge in [-0.3, -0.25) is 0 Å². The van der Waals surface area contributed by atoms with Crippen LogP contribution < -0.4 is 16.0 Å². The van der Waals surface area contributed by atoms with E-state index < -0.39 is 0 Å². The van der Waals surface area contributed by atoms with E-state index in [0.717, 1.165) is 30.8 Å². The molecule has 0 spiro atoms. The van der Waals surface area contributed by atoms with Crippen LogP contribution in [0, 0.1) is 0 Å². The zero-order valence-electron chi connectivity index (χ0n) is 13.3. The van der Waals surface area contributed by atoms with Gasteiger partial charge in [0.1, 0.15) is 0 Å². The maximum Gasteiger partial charge on any atom is 0.0850 e. The Kier molecular flexibility index (Phi) is 5.35. The van der Waals surface area contributed by atoms with Crippen LogP contribution in [-0.4, -0.2) is 6.67 Å². The molecule has 0 radical (unpaired) electrons. The summed E-state index contributed by atoms with van der Waals surface area (Å²) >= 11 is 0. The van der Waals surface area contributed by atoms with Gasteiger partial charge >= 0.3 is 0 Å². The summed E-state index contributed by atoms with van der Waals surface area (Å²) in [5, 5.41) is 10.4. The maximum atomic E-state index is 3.50. The van der Waals surface area contributed by atoms with Gasteiger partial charge in [-0.2, -0.15) is 0 Å². The van der Waals surface area contributed by atoms with Gasteiger partial charge in [-0.25, -0.2) is 0 Å². The Bertz CT molecular complexity index is 674. The van der Waals surface area contributed by atoms with Gasteiger partial charge in [-0.1, -0.05) is 54.6 Å². The van der Waals surface area contributed by atoms with Crippen molar-refractivity contribution in [3.05, 3.63) is 84.1 Å². The van der Waals surface area contributed by atoms with E-state index in [-0.39, 0.29) is 0 Å². The van der Waals surface area contributed by atoms with Gasteiger partial charge in [-0.15, -0.1) is 0 Å². The summed E-state index contributed by atoms with van der Waals surface area (Å²) in [6.45, 7) is 1.53. The molecule has 118 valence electrons. The lowest BCUT2D eigenvalue weighted by Gasteiger charge is -2.16. The molecule has 0 aliphatic heterocycles. The van der Waals surface area contributed by atoms with Crippen LogP contribution in [0.2, 0.25) is 0 Å². The van der Waals surface area contributed by atoms with Crippen LogP contribution in [0.3, 0.4) is 0 Å². The van der Waals surface area contributed by atoms with E-state index in [1.807, 2.05) is 6.07 Å². The van der Waals surface area contributed by atoms with Crippen molar-refractivity contribution in [2.24, 2.45) is 0 Å². The summed E-state index contributed by atoms with van der Waals surface area (Å²) in [5.74, 6) is 0. The Morgan fingerprint density at radius 3 is 2.22 bits per heavy atom. The fourth-order valence-corrected chi connectivity index (χ4v) is 2.57.